The van der Waals surface area contributed by atoms with Crippen LogP contribution in [0.4, 0.5) is 0 Å². The number of allylic oxidation sites excluding steroid dienone is 1. The van der Waals surface area contributed by atoms with Crippen molar-refractivity contribution in [3.8, 4) is 0 Å². The molecular weight excluding hydrogens is 374 g/mol. The van der Waals surface area contributed by atoms with Gasteiger partial charge in [0.05, 0.1) is 0 Å². The summed E-state index contributed by atoms with van der Waals surface area (Å²) in [6.07, 6.45) is 3.50. The van der Waals surface area contributed by atoms with Crippen molar-refractivity contribution in [1.82, 2.24) is 0 Å². The maximum absolute atomic E-state index is 2.51. The Morgan fingerprint density at radius 2 is 2.00 bits per heavy atom. The highest BCUT2D eigenvalue weighted by Gasteiger charge is 2.16. The number of halogens is 2. The summed E-state index contributed by atoms with van der Waals surface area (Å²) in [7, 11) is 0. The number of fused-ring (bicyclic) bond motifs is 1. The van der Waals surface area contributed by atoms with Crippen LogP contribution in [0.5, 0.6) is 0 Å². The van der Waals surface area contributed by atoms with Gasteiger partial charge in [0.15, 0.2) is 0 Å². The van der Waals surface area contributed by atoms with E-state index in [0.29, 0.717) is 3.92 Å². The van der Waals surface area contributed by atoms with E-state index in [-0.39, 0.29) is 0 Å². The maximum atomic E-state index is 2.51. The molecule has 0 amide bonds. The van der Waals surface area contributed by atoms with Crippen LogP contribution >= 0.6 is 45.2 Å². The summed E-state index contributed by atoms with van der Waals surface area (Å²) in [6, 6.07) is 8.68. The lowest BCUT2D eigenvalue weighted by molar-refractivity contribution is 0.991. The number of benzene rings is 1. The molecule has 0 fully saturated rings. The Morgan fingerprint density at radius 3 is 2.75 bits per heavy atom. The topological polar surface area (TPSA) is 0 Å². The zero-order chi connectivity index (χ0) is 8.55. The van der Waals surface area contributed by atoms with Crippen molar-refractivity contribution < 1.29 is 0 Å². The van der Waals surface area contributed by atoms with Crippen LogP contribution < -0.4 is 0 Å². The molecule has 2 heteroatoms. The van der Waals surface area contributed by atoms with Crippen LogP contribution in [-0.2, 0) is 0 Å². The fourth-order valence-electron chi connectivity index (χ4n) is 1.43. The maximum Gasteiger partial charge on any atom is 0.0400 e. The quantitative estimate of drug-likeness (QED) is 0.463. The summed E-state index contributed by atoms with van der Waals surface area (Å²) in [6.45, 7) is 0. The predicted molar refractivity (Wildman–Crippen MR) is 69.8 cm³/mol. The van der Waals surface area contributed by atoms with E-state index in [2.05, 4.69) is 75.5 Å². The van der Waals surface area contributed by atoms with E-state index in [1.54, 1.807) is 0 Å². The van der Waals surface area contributed by atoms with Crippen molar-refractivity contribution >= 4 is 48.8 Å². The molecule has 1 aromatic carbocycles. The molecule has 0 nitrogen and oxygen atoms in total. The fourth-order valence-corrected chi connectivity index (χ4v) is 2.97. The van der Waals surface area contributed by atoms with E-state index in [0.717, 1.165) is 0 Å². The lowest BCUT2D eigenvalue weighted by Crippen LogP contribution is -1.98. The first-order valence-electron chi connectivity index (χ1n) is 3.88. The third kappa shape index (κ3) is 1.55. The monoisotopic (exact) mass is 382 g/mol. The van der Waals surface area contributed by atoms with Crippen molar-refractivity contribution in [1.29, 1.82) is 0 Å². The van der Waals surface area contributed by atoms with Crippen molar-refractivity contribution in [3.05, 3.63) is 41.5 Å². The molecule has 0 aromatic heterocycles. The Bertz CT molecular complexity index is 328. The van der Waals surface area contributed by atoms with Crippen molar-refractivity contribution in [2.45, 2.75) is 10.3 Å². The standard InChI is InChI=1S/C10H8I2/c11-9-5-6-10(12)8-4-2-1-3-7(8)9/h1-5,10H,6H2/t10-/m0/s1. The molecule has 0 heterocycles. The molecule has 1 aliphatic carbocycles. The average molecular weight is 382 g/mol. The highest BCUT2D eigenvalue weighted by Crippen LogP contribution is 2.40. The second-order valence-corrected chi connectivity index (χ2v) is 5.51. The summed E-state index contributed by atoms with van der Waals surface area (Å²) in [5.74, 6) is 0. The molecule has 0 unspecified atom stereocenters. The number of hydrogen-bond acceptors (Lipinski definition) is 0. The zero-order valence-electron chi connectivity index (χ0n) is 6.43. The summed E-state index contributed by atoms with van der Waals surface area (Å²) < 4.78 is 2.06. The summed E-state index contributed by atoms with van der Waals surface area (Å²) in [5, 5.41) is 0. The van der Waals surface area contributed by atoms with Crippen LogP contribution in [-0.4, -0.2) is 0 Å². The molecule has 0 aliphatic heterocycles. The molecule has 0 spiro atoms. The van der Waals surface area contributed by atoms with Gasteiger partial charge in [0.1, 0.15) is 0 Å². The highest BCUT2D eigenvalue weighted by atomic mass is 127. The van der Waals surface area contributed by atoms with Gasteiger partial charge < -0.3 is 0 Å². The van der Waals surface area contributed by atoms with Gasteiger partial charge in [-0.1, -0.05) is 52.9 Å². The normalized spacial score (nSPS) is 21.5. The van der Waals surface area contributed by atoms with Crippen LogP contribution in [0, 0.1) is 0 Å². The largest absolute Gasteiger partial charge is 0.0771 e. The Kier molecular flexibility index (Phi) is 2.74. The first kappa shape index (κ1) is 8.99. The molecule has 1 aromatic rings. The van der Waals surface area contributed by atoms with Gasteiger partial charge in [0, 0.05) is 7.50 Å². The van der Waals surface area contributed by atoms with Gasteiger partial charge in [0.25, 0.3) is 0 Å². The summed E-state index contributed by atoms with van der Waals surface area (Å²) in [4.78, 5) is 0. The minimum absolute atomic E-state index is 0.664. The van der Waals surface area contributed by atoms with Crippen LogP contribution in [0.2, 0.25) is 0 Å². The van der Waals surface area contributed by atoms with Gasteiger partial charge in [0.2, 0.25) is 0 Å². The lowest BCUT2D eigenvalue weighted by Gasteiger charge is -2.18. The van der Waals surface area contributed by atoms with Gasteiger partial charge in [-0.05, 0) is 40.1 Å². The second kappa shape index (κ2) is 3.65. The molecule has 0 radical (unpaired) electrons. The van der Waals surface area contributed by atoms with Crippen molar-refractivity contribution in [2.24, 2.45) is 0 Å². The SMILES string of the molecule is IC1=CC[C@H](I)c2ccccc21. The molecule has 0 N–H and O–H groups in total. The first-order chi connectivity index (χ1) is 5.79. The number of rotatable bonds is 0. The van der Waals surface area contributed by atoms with E-state index >= 15 is 0 Å². The van der Waals surface area contributed by atoms with Crippen LogP contribution in [0.15, 0.2) is 30.3 Å². The molecule has 2 rings (SSSR count). The smallest absolute Gasteiger partial charge is 0.0400 e. The van der Waals surface area contributed by atoms with Crippen LogP contribution in [0.3, 0.4) is 0 Å². The minimum Gasteiger partial charge on any atom is -0.0771 e. The van der Waals surface area contributed by atoms with Gasteiger partial charge in [-0.3, -0.25) is 0 Å². The van der Waals surface area contributed by atoms with E-state index < -0.39 is 0 Å². The van der Waals surface area contributed by atoms with Crippen molar-refractivity contribution in [3.63, 3.8) is 0 Å². The van der Waals surface area contributed by atoms with Gasteiger partial charge >= 0.3 is 0 Å². The molecular formula is C10H8I2. The van der Waals surface area contributed by atoms with E-state index in [9.17, 15) is 0 Å². The predicted octanol–water partition coefficient (Wildman–Crippen LogP) is 4.34. The molecule has 0 saturated heterocycles. The van der Waals surface area contributed by atoms with E-state index in [1.807, 2.05) is 0 Å². The zero-order valence-corrected chi connectivity index (χ0v) is 10.7. The van der Waals surface area contributed by atoms with Gasteiger partial charge in [-0.2, -0.15) is 0 Å². The first-order valence-corrected chi connectivity index (χ1v) is 6.20. The average Bonchev–Trinajstić information content (AvgIpc) is 2.12. The molecule has 0 saturated carbocycles. The van der Waals surface area contributed by atoms with Gasteiger partial charge in [-0.15, -0.1) is 0 Å². The van der Waals surface area contributed by atoms with E-state index in [1.165, 1.54) is 21.1 Å². The van der Waals surface area contributed by atoms with Crippen LogP contribution in [0.25, 0.3) is 3.58 Å². The van der Waals surface area contributed by atoms with Gasteiger partial charge in [-0.25, -0.2) is 0 Å². The second-order valence-electron chi connectivity index (χ2n) is 2.84. The third-order valence-corrected chi connectivity index (χ3v) is 4.26. The fraction of sp³-hybridized carbons (Fsp3) is 0.200. The Morgan fingerprint density at radius 1 is 1.25 bits per heavy atom. The summed E-state index contributed by atoms with van der Waals surface area (Å²) >= 11 is 4.93. The molecule has 12 heavy (non-hydrogen) atoms. The molecule has 1 aliphatic rings. The van der Waals surface area contributed by atoms with Crippen molar-refractivity contribution in [2.75, 3.05) is 0 Å². The number of alkyl halides is 1. The minimum atomic E-state index is 0.664. The Hall–Kier alpha value is 0.420. The Labute approximate surface area is 99.7 Å². The molecule has 1 atom stereocenters. The van der Waals surface area contributed by atoms with E-state index in [4.69, 9.17) is 0 Å². The summed E-state index contributed by atoms with van der Waals surface area (Å²) in [5.41, 5.74) is 2.91. The molecule has 0 bridgehead atoms. The molecule has 62 valence electrons. The number of hydrogen-bond donors (Lipinski definition) is 0. The highest BCUT2D eigenvalue weighted by molar-refractivity contribution is 14.1. The van der Waals surface area contributed by atoms with Crippen LogP contribution in [0.1, 0.15) is 21.5 Å². The lowest BCUT2D eigenvalue weighted by atomic mass is 9.98. The Balaban J connectivity index is 2.58. The third-order valence-electron chi connectivity index (χ3n) is 2.06.